The van der Waals surface area contributed by atoms with E-state index in [4.69, 9.17) is 0 Å². The van der Waals surface area contributed by atoms with Crippen LogP contribution in [0.4, 0.5) is 0 Å². The molecule has 0 spiro atoms. The Morgan fingerprint density at radius 2 is 1.86 bits per heavy atom. The Kier molecular flexibility index (Phi) is 5.72. The quantitative estimate of drug-likeness (QED) is 0.771. The van der Waals surface area contributed by atoms with Crippen LogP contribution in [0.2, 0.25) is 0 Å². The van der Waals surface area contributed by atoms with Gasteiger partial charge in [0, 0.05) is 25.7 Å². The molecule has 7 nitrogen and oxygen atoms in total. The van der Waals surface area contributed by atoms with Crippen molar-refractivity contribution in [2.45, 2.75) is 65.0 Å². The molecule has 0 saturated carbocycles. The molecule has 4 heterocycles. The summed E-state index contributed by atoms with van der Waals surface area (Å²) in [6.07, 6.45) is 7.81. The number of aryl methyl sites for hydroxylation is 1. The third-order valence-electron chi connectivity index (χ3n) is 6.18. The fraction of sp³-hybridized carbons (Fsp3) is 0.619. The minimum atomic E-state index is -0.237. The number of fused-ring (bicyclic) bond motifs is 1. The molecule has 2 aliphatic heterocycles. The van der Waals surface area contributed by atoms with Gasteiger partial charge in [0.2, 0.25) is 5.91 Å². The van der Waals surface area contributed by atoms with Crippen molar-refractivity contribution in [3.8, 4) is 0 Å². The fourth-order valence-corrected chi connectivity index (χ4v) is 5.53. The van der Waals surface area contributed by atoms with Crippen molar-refractivity contribution in [1.29, 1.82) is 0 Å². The Hall–Kier alpha value is -2.22. The fourth-order valence-electron chi connectivity index (χ4n) is 4.42. The highest BCUT2D eigenvalue weighted by Crippen LogP contribution is 2.29. The number of carbonyl (C=O) groups excluding carboxylic acids is 2. The monoisotopic (exact) mass is 416 g/mol. The molecule has 2 aromatic rings. The second-order valence-corrected chi connectivity index (χ2v) is 9.20. The van der Waals surface area contributed by atoms with Crippen LogP contribution in [-0.4, -0.2) is 56.8 Å². The predicted molar refractivity (Wildman–Crippen MR) is 113 cm³/mol. The maximum Gasteiger partial charge on any atom is 0.264 e. The number of hydrogen-bond acceptors (Lipinski definition) is 5. The average Bonchev–Trinajstić information content (AvgIpc) is 3.07. The molecular formula is C21H28N4O3S. The van der Waals surface area contributed by atoms with Gasteiger partial charge in [-0.3, -0.25) is 19.0 Å². The number of likely N-dealkylation sites (tertiary alicyclic amines) is 2. The number of aromatic nitrogens is 2. The van der Waals surface area contributed by atoms with Gasteiger partial charge in [0.15, 0.2) is 0 Å². The first-order valence-corrected chi connectivity index (χ1v) is 11.4. The molecule has 29 heavy (non-hydrogen) atoms. The van der Waals surface area contributed by atoms with Gasteiger partial charge in [0.1, 0.15) is 11.4 Å². The summed E-state index contributed by atoms with van der Waals surface area (Å²) in [5.74, 6) is -0.0488. The molecule has 2 amide bonds. The van der Waals surface area contributed by atoms with Crippen LogP contribution in [0, 0.1) is 6.92 Å². The summed E-state index contributed by atoms with van der Waals surface area (Å²) in [6.45, 7) is 6.16. The Bertz CT molecular complexity index is 990. The van der Waals surface area contributed by atoms with Crippen LogP contribution >= 0.6 is 11.3 Å². The molecule has 0 radical (unpaired) electrons. The van der Waals surface area contributed by atoms with Crippen LogP contribution in [0.1, 0.15) is 60.7 Å². The summed E-state index contributed by atoms with van der Waals surface area (Å²) >= 11 is 1.28. The van der Waals surface area contributed by atoms with E-state index < -0.39 is 0 Å². The first kappa shape index (κ1) is 20.1. The number of nitrogens with zero attached hydrogens (tertiary/aromatic N) is 4. The van der Waals surface area contributed by atoms with E-state index >= 15 is 0 Å². The van der Waals surface area contributed by atoms with Crippen LogP contribution in [-0.2, 0) is 11.3 Å². The molecule has 0 N–H and O–H groups in total. The Labute approximate surface area is 174 Å². The molecule has 0 aliphatic carbocycles. The summed E-state index contributed by atoms with van der Waals surface area (Å²) in [5, 5.41) is 0.470. The number of thiophene rings is 1. The van der Waals surface area contributed by atoms with E-state index in [2.05, 4.69) is 11.9 Å². The van der Waals surface area contributed by atoms with Crippen molar-refractivity contribution < 1.29 is 9.59 Å². The Morgan fingerprint density at radius 3 is 2.59 bits per heavy atom. The SMILES string of the molecule is Cc1c(C(=O)N2CCCCC2)sc2ncn(CC(=O)N3CCCCC3C)c(=O)c12. The second-order valence-electron chi connectivity index (χ2n) is 8.20. The van der Waals surface area contributed by atoms with Gasteiger partial charge in [0.05, 0.1) is 16.6 Å². The summed E-state index contributed by atoms with van der Waals surface area (Å²) < 4.78 is 1.39. The third kappa shape index (κ3) is 3.82. The first-order chi connectivity index (χ1) is 14.0. The van der Waals surface area contributed by atoms with Crippen molar-refractivity contribution in [3.63, 3.8) is 0 Å². The van der Waals surface area contributed by atoms with Gasteiger partial charge in [-0.2, -0.15) is 0 Å². The molecule has 8 heteroatoms. The van der Waals surface area contributed by atoms with Crippen molar-refractivity contribution in [3.05, 3.63) is 27.1 Å². The van der Waals surface area contributed by atoms with Crippen molar-refractivity contribution in [2.75, 3.05) is 19.6 Å². The number of rotatable bonds is 3. The lowest BCUT2D eigenvalue weighted by molar-refractivity contribution is -0.135. The summed E-state index contributed by atoms with van der Waals surface area (Å²) in [4.78, 5) is 48.1. The van der Waals surface area contributed by atoms with E-state index in [1.54, 1.807) is 0 Å². The van der Waals surface area contributed by atoms with Gasteiger partial charge < -0.3 is 9.80 Å². The van der Waals surface area contributed by atoms with Gasteiger partial charge in [0.25, 0.3) is 11.5 Å². The van der Waals surface area contributed by atoms with E-state index in [1.807, 2.05) is 16.7 Å². The van der Waals surface area contributed by atoms with Gasteiger partial charge in [-0.15, -0.1) is 11.3 Å². The van der Waals surface area contributed by atoms with E-state index in [0.29, 0.717) is 20.7 Å². The molecule has 1 unspecified atom stereocenters. The molecule has 156 valence electrons. The van der Waals surface area contributed by atoms with Crippen LogP contribution < -0.4 is 5.56 Å². The van der Waals surface area contributed by atoms with Crippen LogP contribution in [0.15, 0.2) is 11.1 Å². The van der Waals surface area contributed by atoms with Crippen molar-refractivity contribution >= 4 is 33.4 Å². The van der Waals surface area contributed by atoms with Crippen LogP contribution in [0.25, 0.3) is 10.2 Å². The molecule has 2 saturated heterocycles. The number of piperidine rings is 2. The highest BCUT2D eigenvalue weighted by Gasteiger charge is 2.26. The predicted octanol–water partition coefficient (Wildman–Crippen LogP) is 2.79. The van der Waals surface area contributed by atoms with Crippen LogP contribution in [0.5, 0.6) is 0 Å². The second kappa shape index (κ2) is 8.26. The van der Waals surface area contributed by atoms with Gasteiger partial charge in [-0.25, -0.2) is 4.98 Å². The highest BCUT2D eigenvalue weighted by atomic mass is 32.1. The van der Waals surface area contributed by atoms with E-state index in [1.165, 1.54) is 22.2 Å². The lowest BCUT2D eigenvalue weighted by Crippen LogP contribution is -2.44. The highest BCUT2D eigenvalue weighted by molar-refractivity contribution is 7.20. The number of carbonyl (C=O) groups is 2. The zero-order valence-electron chi connectivity index (χ0n) is 17.1. The molecule has 2 aliphatic rings. The van der Waals surface area contributed by atoms with Crippen molar-refractivity contribution in [2.24, 2.45) is 0 Å². The topological polar surface area (TPSA) is 75.5 Å². The zero-order chi connectivity index (χ0) is 20.5. The maximum absolute atomic E-state index is 13.1. The van der Waals surface area contributed by atoms with Crippen molar-refractivity contribution in [1.82, 2.24) is 19.4 Å². The Morgan fingerprint density at radius 1 is 1.14 bits per heavy atom. The summed E-state index contributed by atoms with van der Waals surface area (Å²) in [6, 6.07) is 0.209. The number of hydrogen-bond donors (Lipinski definition) is 0. The molecule has 2 aromatic heterocycles. The van der Waals surface area contributed by atoms with E-state index in [9.17, 15) is 14.4 Å². The molecular weight excluding hydrogens is 388 g/mol. The van der Waals surface area contributed by atoms with Gasteiger partial charge in [-0.1, -0.05) is 0 Å². The van der Waals surface area contributed by atoms with E-state index in [0.717, 1.165) is 58.2 Å². The smallest absolute Gasteiger partial charge is 0.264 e. The molecule has 0 aromatic carbocycles. The lowest BCUT2D eigenvalue weighted by atomic mass is 10.0. The minimum Gasteiger partial charge on any atom is -0.338 e. The third-order valence-corrected chi connectivity index (χ3v) is 7.37. The minimum absolute atomic E-state index is 0.00317. The first-order valence-electron chi connectivity index (χ1n) is 10.5. The van der Waals surface area contributed by atoms with Crippen LogP contribution in [0.3, 0.4) is 0 Å². The molecule has 4 rings (SSSR count). The normalized spacial score (nSPS) is 20.3. The molecule has 2 fully saturated rings. The molecule has 1 atom stereocenters. The summed E-state index contributed by atoms with van der Waals surface area (Å²) in [5.41, 5.74) is 0.450. The van der Waals surface area contributed by atoms with Gasteiger partial charge in [-0.05, 0) is 57.9 Å². The zero-order valence-corrected chi connectivity index (χ0v) is 18.0. The summed E-state index contributed by atoms with van der Waals surface area (Å²) in [7, 11) is 0. The van der Waals surface area contributed by atoms with E-state index in [-0.39, 0.29) is 30.0 Å². The lowest BCUT2D eigenvalue weighted by Gasteiger charge is -2.33. The molecule has 0 bridgehead atoms. The number of amides is 2. The largest absolute Gasteiger partial charge is 0.338 e. The Balaban J connectivity index is 1.62. The standard InChI is InChI=1S/C21H28N4O3S/c1-14-8-4-7-11-25(14)16(26)12-24-13-22-19-17(20(24)27)15(2)18(29-19)21(28)23-9-5-3-6-10-23/h13-14H,3-12H2,1-2H3. The average molecular weight is 417 g/mol. The van der Waals surface area contributed by atoms with Gasteiger partial charge >= 0.3 is 0 Å². The maximum atomic E-state index is 13.1.